The molecule has 0 N–H and O–H groups in total. The summed E-state index contributed by atoms with van der Waals surface area (Å²) < 4.78 is 92.8. The van der Waals surface area contributed by atoms with E-state index >= 15 is 0 Å². The average Bonchev–Trinajstić information content (AvgIpc) is 2.24. The van der Waals surface area contributed by atoms with E-state index in [0.29, 0.717) is 13.8 Å². The van der Waals surface area contributed by atoms with Crippen LogP contribution in [0.2, 0.25) is 0 Å². The summed E-state index contributed by atoms with van der Waals surface area (Å²) >= 11 is 0. The van der Waals surface area contributed by atoms with E-state index in [-0.39, 0.29) is 80.9 Å². The molecule has 0 spiro atoms. The minimum absolute atomic E-state index is 0. The van der Waals surface area contributed by atoms with Crippen molar-refractivity contribution >= 4 is 0 Å². The molecule has 204 valence electrons. The van der Waals surface area contributed by atoms with Crippen LogP contribution in [0.3, 0.4) is 0 Å². The third-order valence-corrected chi connectivity index (χ3v) is 1.74. The summed E-state index contributed by atoms with van der Waals surface area (Å²) in [4.78, 5) is 0. The van der Waals surface area contributed by atoms with Crippen LogP contribution in [0.15, 0.2) is 0 Å². The number of halogens is 7. The first kappa shape index (κ1) is 78.3. The molecule has 1 unspecified atom stereocenters. The molecular formula is C21H59F7O2. The van der Waals surface area contributed by atoms with Gasteiger partial charge >= 0.3 is 12.4 Å². The van der Waals surface area contributed by atoms with Crippen LogP contribution in [-0.4, -0.2) is 38.0 Å². The van der Waals surface area contributed by atoms with Gasteiger partial charge in [-0.3, -0.25) is 13.5 Å². The maximum atomic E-state index is 12.8. The van der Waals surface area contributed by atoms with Gasteiger partial charge in [-0.25, -0.2) is 9.13 Å². The molecular weight excluding hydrogens is 417 g/mol. The lowest BCUT2D eigenvalue weighted by Crippen LogP contribution is -2.47. The fourth-order valence-electron chi connectivity index (χ4n) is 0.584. The van der Waals surface area contributed by atoms with Crippen LogP contribution < -0.4 is 0 Å². The van der Waals surface area contributed by atoms with Crippen LogP contribution in [-0.2, 0) is 9.47 Å². The highest BCUT2D eigenvalue weighted by Crippen LogP contribution is 2.38. The molecule has 0 saturated heterocycles. The second-order valence-electron chi connectivity index (χ2n) is 4.39. The molecule has 0 radical (unpaired) electrons. The van der Waals surface area contributed by atoms with E-state index in [0.717, 1.165) is 0 Å². The zero-order valence-corrected chi connectivity index (χ0v) is 11.7. The highest BCUT2D eigenvalue weighted by Gasteiger charge is 2.56. The van der Waals surface area contributed by atoms with Crippen LogP contribution in [0, 0.1) is 5.92 Å². The number of alkyl halides is 7. The van der Waals surface area contributed by atoms with E-state index in [2.05, 4.69) is 9.47 Å². The zero-order valence-electron chi connectivity index (χ0n) is 11.7. The molecule has 0 aromatic rings. The molecule has 30 heavy (non-hydrogen) atoms. The topological polar surface area (TPSA) is 18.5 Å². The Kier molecular flexibility index (Phi) is 86.3. The van der Waals surface area contributed by atoms with E-state index in [4.69, 9.17) is 0 Å². The summed E-state index contributed by atoms with van der Waals surface area (Å²) in [7, 11) is 0. The summed E-state index contributed by atoms with van der Waals surface area (Å²) in [6.45, 7) is 1.42. The second kappa shape index (κ2) is 33.1. The molecule has 0 aliphatic heterocycles. The predicted octanol–water partition coefficient (Wildman–Crippen LogP) is 10.9. The summed E-state index contributed by atoms with van der Waals surface area (Å²) in [5, 5.41) is 0. The van der Waals surface area contributed by atoms with Crippen LogP contribution in [0.4, 0.5) is 30.7 Å². The molecule has 9 heteroatoms. The van der Waals surface area contributed by atoms with Crippen molar-refractivity contribution in [2.45, 2.75) is 120 Å². The summed E-state index contributed by atoms with van der Waals surface area (Å²) in [5.74, 6) is -0.906. The molecule has 0 aliphatic rings. The van der Waals surface area contributed by atoms with Gasteiger partial charge in [-0.1, -0.05) is 81.2 Å². The van der Waals surface area contributed by atoms with Crippen molar-refractivity contribution in [1.29, 1.82) is 0 Å². The lowest BCUT2D eigenvalue weighted by molar-refractivity contribution is -0.485. The Morgan fingerprint density at radius 2 is 0.967 bits per heavy atom. The summed E-state index contributed by atoms with van der Waals surface area (Å²) in [6.07, 6.45) is -9.41. The molecule has 1 atom stereocenters. The molecule has 0 fully saturated rings. The molecule has 2 nitrogen and oxygen atoms in total. The highest BCUT2D eigenvalue weighted by molar-refractivity contribution is 4.77. The van der Waals surface area contributed by atoms with Gasteiger partial charge in [0.1, 0.15) is 0 Å². The number of rotatable bonds is 7. The largest absolute Gasteiger partial charge is 0.490 e. The van der Waals surface area contributed by atoms with Crippen molar-refractivity contribution in [3.8, 4) is 0 Å². The lowest BCUT2D eigenvalue weighted by Gasteiger charge is -2.29. The van der Waals surface area contributed by atoms with Crippen molar-refractivity contribution in [2.24, 2.45) is 5.92 Å². The Bertz CT molecular complexity index is 260. The van der Waals surface area contributed by atoms with Crippen molar-refractivity contribution < 1.29 is 40.2 Å². The Balaban J connectivity index is -0.0000000235. The highest BCUT2D eigenvalue weighted by atomic mass is 19.3. The van der Waals surface area contributed by atoms with Gasteiger partial charge in [0.25, 0.3) is 0 Å². The minimum Gasteiger partial charge on any atom is -0.295 e. The first-order valence-corrected chi connectivity index (χ1v) is 5.73. The molecule has 0 aliphatic carbocycles. The normalized spacial score (nSPS) is 9.70. The van der Waals surface area contributed by atoms with Crippen molar-refractivity contribution in [2.75, 3.05) is 20.0 Å². The minimum atomic E-state index is -4.73. The van der Waals surface area contributed by atoms with Gasteiger partial charge in [0.15, 0.2) is 5.67 Å². The first-order valence-electron chi connectivity index (χ1n) is 5.73. The summed E-state index contributed by atoms with van der Waals surface area (Å²) in [5.41, 5.74) is -3.30. The van der Waals surface area contributed by atoms with E-state index < -0.39 is 37.3 Å². The second-order valence-corrected chi connectivity index (χ2v) is 4.39. The third-order valence-electron chi connectivity index (χ3n) is 1.74. The standard InChI is InChI=1S/C9H14F6O2.C2H5F.10CH4/c1-6(4-10)5-16-9(14,15)17-8(12,13)7(2,3)11;1-2-3;;;;;;;;;;/h6H,4-5H2,1-3H3;2H2,1H3;10*1H4. The fraction of sp³-hybridized carbons (Fsp3) is 1.00. The van der Waals surface area contributed by atoms with Gasteiger partial charge in [-0.05, 0) is 20.8 Å². The van der Waals surface area contributed by atoms with Crippen LogP contribution >= 0.6 is 0 Å². The predicted molar refractivity (Wildman–Crippen MR) is 126 cm³/mol. The van der Waals surface area contributed by atoms with E-state index in [9.17, 15) is 30.7 Å². The van der Waals surface area contributed by atoms with E-state index in [1.54, 1.807) is 0 Å². The molecule has 0 amide bonds. The molecule has 0 heterocycles. The van der Waals surface area contributed by atoms with Gasteiger partial charge in [-0.2, -0.15) is 8.78 Å². The van der Waals surface area contributed by atoms with Crippen molar-refractivity contribution in [1.82, 2.24) is 0 Å². The molecule has 0 rings (SSSR count). The summed E-state index contributed by atoms with van der Waals surface area (Å²) in [6, 6.07) is 0. The Morgan fingerprint density at radius 3 is 1.17 bits per heavy atom. The Labute approximate surface area is 186 Å². The van der Waals surface area contributed by atoms with Crippen molar-refractivity contribution in [3.63, 3.8) is 0 Å². The maximum absolute atomic E-state index is 12.8. The number of hydrogen-bond donors (Lipinski definition) is 0. The molecule has 0 saturated carbocycles. The van der Waals surface area contributed by atoms with Crippen molar-refractivity contribution in [3.05, 3.63) is 0 Å². The number of hydrogen-bond acceptors (Lipinski definition) is 2. The third kappa shape index (κ3) is 38.1. The fourth-order valence-corrected chi connectivity index (χ4v) is 0.584. The SMILES string of the molecule is C.C.C.C.C.C.C.C.C.C.CC(CF)COC(F)(F)OC(F)(F)C(C)(C)F.CCF. The van der Waals surface area contributed by atoms with Gasteiger partial charge in [0, 0.05) is 5.92 Å². The quantitative estimate of drug-likeness (QED) is 0.269. The van der Waals surface area contributed by atoms with E-state index in [1.807, 2.05) is 0 Å². The van der Waals surface area contributed by atoms with Gasteiger partial charge < -0.3 is 0 Å². The first-order chi connectivity index (χ1) is 8.83. The lowest BCUT2D eigenvalue weighted by atomic mass is 10.1. The average molecular weight is 477 g/mol. The van der Waals surface area contributed by atoms with Gasteiger partial charge in [0.05, 0.1) is 20.0 Å². The monoisotopic (exact) mass is 476 g/mol. The zero-order chi connectivity index (χ0) is 16.6. The van der Waals surface area contributed by atoms with Gasteiger partial charge in [0.2, 0.25) is 0 Å². The van der Waals surface area contributed by atoms with Crippen LogP contribution in [0.25, 0.3) is 0 Å². The smallest absolute Gasteiger partial charge is 0.295 e. The molecule has 0 aromatic carbocycles. The molecule has 0 aromatic heterocycles. The van der Waals surface area contributed by atoms with E-state index in [1.165, 1.54) is 13.8 Å². The van der Waals surface area contributed by atoms with Crippen LogP contribution in [0.5, 0.6) is 0 Å². The maximum Gasteiger partial charge on any atom is 0.490 e. The Morgan fingerprint density at radius 1 is 0.700 bits per heavy atom. The Hall–Kier alpha value is -0.570. The number of ether oxygens (including phenoxy) is 2. The molecule has 0 bridgehead atoms. The van der Waals surface area contributed by atoms with Crippen LogP contribution in [0.1, 0.15) is 102 Å². The van der Waals surface area contributed by atoms with Gasteiger partial charge in [-0.15, -0.1) is 8.78 Å².